The van der Waals surface area contributed by atoms with Crippen LogP contribution in [0.5, 0.6) is 5.88 Å². The summed E-state index contributed by atoms with van der Waals surface area (Å²) in [6.45, 7) is 18.7. The van der Waals surface area contributed by atoms with Gasteiger partial charge >= 0.3 is 0 Å². The second-order valence-electron chi connectivity index (χ2n) is 30.7. The van der Waals surface area contributed by atoms with Crippen molar-refractivity contribution in [2.45, 2.75) is 165 Å². The number of methoxy groups -OCH3 is 1. The van der Waals surface area contributed by atoms with Crippen LogP contribution in [0.25, 0.3) is 44.5 Å². The van der Waals surface area contributed by atoms with Crippen LogP contribution in [-0.4, -0.2) is 100.0 Å². The van der Waals surface area contributed by atoms with Crippen molar-refractivity contribution in [3.05, 3.63) is 328 Å². The van der Waals surface area contributed by atoms with E-state index in [4.69, 9.17) is 16.3 Å². The van der Waals surface area contributed by atoms with Crippen molar-refractivity contribution in [1.82, 2.24) is 19.9 Å². The first-order valence-corrected chi connectivity index (χ1v) is 44.2. The van der Waals surface area contributed by atoms with Gasteiger partial charge in [0, 0.05) is 136 Å². The van der Waals surface area contributed by atoms with Gasteiger partial charge < -0.3 is 24.3 Å². The average Bonchev–Trinajstić information content (AvgIpc) is 0.822. The number of aryl methyl sites for hydroxylation is 5. The van der Waals surface area contributed by atoms with Crippen LogP contribution in [-0.2, 0) is 44.9 Å². The smallest absolute Gasteiger partial charge is 0.226 e. The highest BCUT2D eigenvalue weighted by molar-refractivity contribution is 6.29. The molecule has 670 valence electrons. The first-order valence-electron chi connectivity index (χ1n) is 43.8. The summed E-state index contributed by atoms with van der Waals surface area (Å²) in [5, 5.41) is 0.426. The van der Waals surface area contributed by atoms with Gasteiger partial charge in [-0.3, -0.25) is 43.3 Å². The summed E-state index contributed by atoms with van der Waals surface area (Å²) in [5.74, 6) is -2.10. The van der Waals surface area contributed by atoms with Crippen LogP contribution in [0, 0.1) is 36.1 Å². The van der Waals surface area contributed by atoms with Crippen molar-refractivity contribution in [2.75, 3.05) is 52.9 Å². The molecule has 23 heteroatoms. The zero-order valence-corrected chi connectivity index (χ0v) is 75.5. The molecule has 0 radical (unpaired) electrons. The van der Waals surface area contributed by atoms with Gasteiger partial charge in [0.15, 0.2) is 23.1 Å². The summed E-state index contributed by atoms with van der Waals surface area (Å²) in [6.07, 6.45) is 14.5. The molecule has 0 aliphatic heterocycles. The zero-order valence-electron chi connectivity index (χ0n) is 74.8. The maximum Gasteiger partial charge on any atom is 0.226 e. The maximum atomic E-state index is 14.9. The molecule has 0 spiro atoms. The SMILES string of the molecule is CCCN(C(=O)CC)c1ccc(-c2ccc(C(=O)CCc3ccc(C)nc3)cc2)cc1F.CCCN(C(=O)CC)c1ccc(-c2ccc(C(=O)CCc3ccc(Cl)nc3)cc2)cc1F.CCCN(C(=O)CC)c1ccc(-c2ccc(C(=O)CCc3ccc(F)nc3)cc2)cc1F.CCCN(C(=O)CC)c1ccc(-c2ccc(C(=O)CCc3cccnc3OC)cc2)cc1F. The molecule has 0 atom stereocenters. The van der Waals surface area contributed by atoms with Crippen LogP contribution >= 0.6 is 11.6 Å². The summed E-state index contributed by atoms with van der Waals surface area (Å²) in [6, 6.07) is 62.1. The first kappa shape index (κ1) is 99.4. The molecule has 0 aliphatic rings. The largest absolute Gasteiger partial charge is 0.481 e. The number of carbonyl (C=O) groups excluding carboxylic acids is 8. The lowest BCUT2D eigenvalue weighted by molar-refractivity contribution is -0.119. The Morgan fingerprint density at radius 2 is 0.612 bits per heavy atom. The minimum atomic E-state index is -0.546. The quantitative estimate of drug-likeness (QED) is 0.0202. The van der Waals surface area contributed by atoms with Gasteiger partial charge in [0.1, 0.15) is 28.4 Å². The van der Waals surface area contributed by atoms with Gasteiger partial charge in [0.2, 0.25) is 35.5 Å². The Balaban J connectivity index is 0.000000194. The van der Waals surface area contributed by atoms with Gasteiger partial charge in [-0.15, -0.1) is 0 Å². The maximum absolute atomic E-state index is 14.9. The molecule has 8 aromatic carbocycles. The summed E-state index contributed by atoms with van der Waals surface area (Å²) < 4.78 is 77.5. The van der Waals surface area contributed by atoms with Crippen LogP contribution in [0.1, 0.15) is 202 Å². The predicted octanol–water partition coefficient (Wildman–Crippen LogP) is 24.5. The first-order chi connectivity index (χ1) is 62.2. The topological polar surface area (TPSA) is 210 Å². The van der Waals surface area contributed by atoms with Crippen molar-refractivity contribution in [2.24, 2.45) is 0 Å². The predicted molar refractivity (Wildman–Crippen MR) is 503 cm³/mol. The van der Waals surface area contributed by atoms with Crippen molar-refractivity contribution in [3.8, 4) is 50.4 Å². The molecule has 0 fully saturated rings. The number of anilines is 4. The van der Waals surface area contributed by atoms with E-state index in [1.54, 1.807) is 169 Å². The van der Waals surface area contributed by atoms with E-state index >= 15 is 0 Å². The number of carbonyl (C=O) groups is 8. The van der Waals surface area contributed by atoms with Crippen LogP contribution in [0.15, 0.2) is 243 Å². The molecular weight excluding hydrogens is 1660 g/mol. The highest BCUT2D eigenvalue weighted by Gasteiger charge is 2.24. The number of nitrogens with zero attached hydrogens (tertiary/aromatic N) is 8. The van der Waals surface area contributed by atoms with Crippen molar-refractivity contribution in [1.29, 1.82) is 0 Å². The zero-order chi connectivity index (χ0) is 93.1. The van der Waals surface area contributed by atoms with Gasteiger partial charge in [-0.2, -0.15) is 4.39 Å². The van der Waals surface area contributed by atoms with E-state index in [1.807, 2.05) is 107 Å². The minimum absolute atomic E-state index is 0.0160. The van der Waals surface area contributed by atoms with E-state index in [0.29, 0.717) is 169 Å². The van der Waals surface area contributed by atoms with Gasteiger partial charge in [0.05, 0.1) is 29.9 Å². The molecule has 4 aromatic heterocycles. The van der Waals surface area contributed by atoms with Crippen LogP contribution in [0.3, 0.4) is 0 Å². The third kappa shape index (κ3) is 28.6. The number of ether oxygens (including phenoxy) is 1. The summed E-state index contributed by atoms with van der Waals surface area (Å²) in [7, 11) is 1.56. The Labute approximate surface area is 757 Å². The molecule has 129 heavy (non-hydrogen) atoms. The highest BCUT2D eigenvalue weighted by atomic mass is 35.5. The van der Waals surface area contributed by atoms with E-state index in [9.17, 15) is 60.3 Å². The number of aromatic nitrogens is 4. The monoisotopic (exact) mass is 1770 g/mol. The van der Waals surface area contributed by atoms with Crippen molar-refractivity contribution < 1.29 is 65.0 Å². The van der Waals surface area contributed by atoms with E-state index < -0.39 is 29.2 Å². The normalized spacial score (nSPS) is 10.7. The van der Waals surface area contributed by atoms with Crippen LogP contribution in [0.2, 0.25) is 5.15 Å². The number of amides is 4. The molecule has 17 nitrogen and oxygen atoms in total. The molecule has 0 aliphatic carbocycles. The third-order valence-electron chi connectivity index (χ3n) is 21.5. The Bertz CT molecular complexity index is 5350. The molecule has 0 bridgehead atoms. The van der Waals surface area contributed by atoms with Gasteiger partial charge in [-0.25, -0.2) is 32.5 Å². The highest BCUT2D eigenvalue weighted by Crippen LogP contribution is 2.34. The molecule has 0 unspecified atom stereocenters. The number of hydrogen-bond donors (Lipinski definition) is 0. The van der Waals surface area contributed by atoms with Crippen LogP contribution < -0.4 is 24.3 Å². The summed E-state index contributed by atoms with van der Waals surface area (Å²) >= 11 is 5.79. The third-order valence-corrected chi connectivity index (χ3v) is 21.7. The fourth-order valence-corrected chi connectivity index (χ4v) is 14.5. The fourth-order valence-electron chi connectivity index (χ4n) is 14.3. The molecule has 0 saturated carbocycles. The Morgan fingerprint density at radius 1 is 0.326 bits per heavy atom. The number of pyridine rings is 4. The van der Waals surface area contributed by atoms with Gasteiger partial charge in [-0.05, 0) is 192 Å². The number of hydrogen-bond acceptors (Lipinski definition) is 13. The Morgan fingerprint density at radius 3 is 0.868 bits per heavy atom. The molecule has 0 saturated heterocycles. The number of halogens is 6. The number of Topliss-reactive ketones (excluding diaryl/α,β-unsaturated/α-hetero) is 4. The van der Waals surface area contributed by atoms with Crippen LogP contribution in [0.4, 0.5) is 44.7 Å². The van der Waals surface area contributed by atoms with Gasteiger partial charge in [0.25, 0.3) is 0 Å². The standard InChI is InChI=1S/C27H29FN2O3.C27H29FN2O2.C26H26ClFN2O2.C26H26F2N2O2/c1-4-17-30(26(32)5-2)24-14-12-22(18-23(24)28)19-8-10-20(11-9-19)25(31)15-13-21-7-6-16-29-27(21)33-3;1-4-16-30(27(32)5-2)25-14-13-23(17-24(25)28)21-9-11-22(12-10-21)26(31)15-8-20-7-6-19(3)29-18-20;1-3-15-30(26(32)4-2)23-12-11-21(16-22(23)28)19-7-9-20(10-8-19)24(31)13-5-18-6-14-25(27)29-17-18;1-3-15-30(26(32)4-2)23-12-11-21(16-22(23)27)19-7-9-20(10-8-19)24(31)13-5-18-6-14-25(28)29-17-18/h6-12,14,16,18H,4-5,13,15,17H2,1-3H3;6-7,9-14,17-18H,4-5,8,15-16H2,1-3H3;2*6-12,14,16-17H,3-5,13,15H2,1-2H3. The Kier molecular flexibility index (Phi) is 38.7. The van der Waals surface area contributed by atoms with E-state index in [-0.39, 0.29) is 58.9 Å². The fraction of sp³-hybridized carbons (Fsp3) is 0.283. The van der Waals surface area contributed by atoms with E-state index in [2.05, 4.69) is 19.9 Å². The van der Waals surface area contributed by atoms with E-state index in [0.717, 1.165) is 75.9 Å². The Hall–Kier alpha value is -13.3. The lowest BCUT2D eigenvalue weighted by Gasteiger charge is -2.22. The molecule has 4 heterocycles. The lowest BCUT2D eigenvalue weighted by Crippen LogP contribution is -2.31. The lowest BCUT2D eigenvalue weighted by atomic mass is 9.99. The number of ketones is 4. The second-order valence-corrected chi connectivity index (χ2v) is 31.1. The second kappa shape index (κ2) is 50.3. The van der Waals surface area contributed by atoms with Gasteiger partial charge in [-0.1, -0.05) is 213 Å². The molecule has 12 aromatic rings. The molecule has 12 rings (SSSR count). The van der Waals surface area contributed by atoms with E-state index in [1.165, 1.54) is 56.1 Å². The number of benzene rings is 8. The average molecular weight is 1770 g/mol. The molecule has 4 amide bonds. The van der Waals surface area contributed by atoms with Crippen molar-refractivity contribution in [3.63, 3.8) is 0 Å². The minimum Gasteiger partial charge on any atom is -0.481 e. The summed E-state index contributed by atoms with van der Waals surface area (Å²) in [5.41, 5.74) is 14.2. The molecule has 0 N–H and O–H groups in total. The number of rotatable bonds is 37. The molecular formula is C106H110ClF5N8O9. The summed E-state index contributed by atoms with van der Waals surface area (Å²) in [4.78, 5) is 121. The van der Waals surface area contributed by atoms with Crippen molar-refractivity contribution >= 4 is 81.1 Å².